The zero-order chi connectivity index (χ0) is 14.7. The first-order valence-electron chi connectivity index (χ1n) is 9.00. The second-order valence-corrected chi connectivity index (χ2v) is 7.22. The smallest absolute Gasteiger partial charge is 0.0300 e. The topological polar surface area (TPSA) is 0 Å². The summed E-state index contributed by atoms with van der Waals surface area (Å²) < 4.78 is 0. The van der Waals surface area contributed by atoms with Crippen LogP contribution in [0.25, 0.3) is 0 Å². The van der Waals surface area contributed by atoms with E-state index in [1.165, 1.54) is 64.2 Å². The van der Waals surface area contributed by atoms with Crippen LogP contribution in [0.15, 0.2) is 0 Å². The Kier molecular flexibility index (Phi) is 10.7. The summed E-state index contributed by atoms with van der Waals surface area (Å²) in [4.78, 5) is 0. The lowest BCUT2D eigenvalue weighted by Gasteiger charge is -2.37. The first-order valence-corrected chi connectivity index (χ1v) is 9.00. The average molecular weight is 269 g/mol. The summed E-state index contributed by atoms with van der Waals surface area (Å²) in [6.07, 6.45) is 14.1. The predicted octanol–water partition coefficient (Wildman–Crippen LogP) is 7.23. The van der Waals surface area contributed by atoms with Gasteiger partial charge in [0.1, 0.15) is 0 Å². The fourth-order valence-electron chi connectivity index (χ4n) is 3.21. The summed E-state index contributed by atoms with van der Waals surface area (Å²) in [5.74, 6) is 1.78. The molecule has 116 valence electrons. The summed E-state index contributed by atoms with van der Waals surface area (Å²) >= 11 is 0. The van der Waals surface area contributed by atoms with Crippen molar-refractivity contribution in [2.24, 2.45) is 17.3 Å². The molecule has 0 aromatic rings. The molecule has 19 heavy (non-hydrogen) atoms. The zero-order valence-electron chi connectivity index (χ0n) is 14.7. The van der Waals surface area contributed by atoms with E-state index < -0.39 is 0 Å². The van der Waals surface area contributed by atoms with E-state index in [4.69, 9.17) is 0 Å². The van der Waals surface area contributed by atoms with Crippen molar-refractivity contribution >= 4 is 0 Å². The lowest BCUT2D eigenvalue weighted by Crippen LogP contribution is -2.27. The molecule has 0 heterocycles. The van der Waals surface area contributed by atoms with Gasteiger partial charge in [-0.3, -0.25) is 0 Å². The van der Waals surface area contributed by atoms with Gasteiger partial charge in [0.15, 0.2) is 0 Å². The standard InChI is InChI=1S/C19H40/c1-7-10-12-13-15-19(6,14-11-8-2)18(5)16-17(4)9-3/h17-18H,7-16H2,1-6H3. The number of hydrogen-bond donors (Lipinski definition) is 0. The molecule has 0 aliphatic heterocycles. The summed E-state index contributed by atoms with van der Waals surface area (Å²) in [5, 5.41) is 0. The van der Waals surface area contributed by atoms with Crippen molar-refractivity contribution in [2.75, 3.05) is 0 Å². The second-order valence-electron chi connectivity index (χ2n) is 7.22. The van der Waals surface area contributed by atoms with E-state index in [1.54, 1.807) is 0 Å². The van der Waals surface area contributed by atoms with Crippen LogP contribution < -0.4 is 0 Å². The van der Waals surface area contributed by atoms with Gasteiger partial charge in [0, 0.05) is 0 Å². The van der Waals surface area contributed by atoms with Crippen LogP contribution >= 0.6 is 0 Å². The van der Waals surface area contributed by atoms with Crippen LogP contribution in [-0.2, 0) is 0 Å². The molecule has 0 aromatic heterocycles. The Bertz CT molecular complexity index is 196. The Morgan fingerprint density at radius 2 is 1.37 bits per heavy atom. The van der Waals surface area contributed by atoms with E-state index >= 15 is 0 Å². The molecule has 0 N–H and O–H groups in total. The third kappa shape index (κ3) is 8.00. The molecule has 0 spiro atoms. The molecule has 0 nitrogen and oxygen atoms in total. The van der Waals surface area contributed by atoms with Crippen LogP contribution in [0.2, 0.25) is 0 Å². The second kappa shape index (κ2) is 10.7. The molecule has 0 saturated heterocycles. The molecule has 3 atom stereocenters. The van der Waals surface area contributed by atoms with E-state index in [0.717, 1.165) is 11.8 Å². The van der Waals surface area contributed by atoms with Crippen molar-refractivity contribution in [2.45, 2.75) is 106 Å². The van der Waals surface area contributed by atoms with Gasteiger partial charge in [-0.2, -0.15) is 0 Å². The van der Waals surface area contributed by atoms with Crippen LogP contribution in [0.4, 0.5) is 0 Å². The van der Waals surface area contributed by atoms with Crippen molar-refractivity contribution in [3.63, 3.8) is 0 Å². The van der Waals surface area contributed by atoms with E-state index in [1.807, 2.05) is 0 Å². The molecule has 0 radical (unpaired) electrons. The van der Waals surface area contributed by atoms with Gasteiger partial charge in [0.25, 0.3) is 0 Å². The molecule has 0 bridgehead atoms. The first-order chi connectivity index (χ1) is 9.00. The van der Waals surface area contributed by atoms with E-state index in [0.29, 0.717) is 5.41 Å². The molecule has 0 fully saturated rings. The van der Waals surface area contributed by atoms with Gasteiger partial charge in [-0.1, -0.05) is 86.5 Å². The summed E-state index contributed by atoms with van der Waals surface area (Å²) in [5.41, 5.74) is 0.590. The number of rotatable bonds is 12. The highest BCUT2D eigenvalue weighted by atomic mass is 14.4. The van der Waals surface area contributed by atoms with Gasteiger partial charge in [-0.05, 0) is 36.5 Å². The minimum absolute atomic E-state index is 0.590. The molecule has 0 rings (SSSR count). The number of hydrogen-bond acceptors (Lipinski definition) is 0. The minimum atomic E-state index is 0.590. The molecular weight excluding hydrogens is 228 g/mol. The van der Waals surface area contributed by atoms with E-state index in [2.05, 4.69) is 41.5 Å². The zero-order valence-corrected chi connectivity index (χ0v) is 14.7. The lowest BCUT2D eigenvalue weighted by molar-refractivity contribution is 0.132. The first kappa shape index (κ1) is 19.0. The van der Waals surface area contributed by atoms with Gasteiger partial charge in [0.05, 0.1) is 0 Å². The van der Waals surface area contributed by atoms with Crippen LogP contribution in [0.1, 0.15) is 106 Å². The Balaban J connectivity index is 4.37. The third-order valence-electron chi connectivity index (χ3n) is 5.35. The van der Waals surface area contributed by atoms with Gasteiger partial charge >= 0.3 is 0 Å². The molecule has 3 unspecified atom stereocenters. The Labute approximate surface area is 123 Å². The summed E-state index contributed by atoms with van der Waals surface area (Å²) in [6.45, 7) is 14.5. The van der Waals surface area contributed by atoms with Gasteiger partial charge < -0.3 is 0 Å². The fourth-order valence-corrected chi connectivity index (χ4v) is 3.21. The van der Waals surface area contributed by atoms with Gasteiger partial charge in [0.2, 0.25) is 0 Å². The van der Waals surface area contributed by atoms with Crippen molar-refractivity contribution in [3.8, 4) is 0 Å². The molecule has 0 amide bonds. The van der Waals surface area contributed by atoms with Crippen LogP contribution in [0.3, 0.4) is 0 Å². The van der Waals surface area contributed by atoms with Crippen LogP contribution in [0.5, 0.6) is 0 Å². The highest BCUT2D eigenvalue weighted by Gasteiger charge is 2.30. The SMILES string of the molecule is CCCCCCC(C)(CCCC)C(C)CC(C)CC. The summed E-state index contributed by atoms with van der Waals surface area (Å²) in [7, 11) is 0. The Morgan fingerprint density at radius 3 is 1.89 bits per heavy atom. The van der Waals surface area contributed by atoms with Gasteiger partial charge in [-0.25, -0.2) is 0 Å². The Morgan fingerprint density at radius 1 is 0.789 bits per heavy atom. The highest BCUT2D eigenvalue weighted by Crippen LogP contribution is 2.41. The Hall–Kier alpha value is 0. The molecule has 0 saturated carbocycles. The largest absolute Gasteiger partial charge is 0.0654 e. The monoisotopic (exact) mass is 268 g/mol. The third-order valence-corrected chi connectivity index (χ3v) is 5.35. The van der Waals surface area contributed by atoms with Crippen LogP contribution in [-0.4, -0.2) is 0 Å². The maximum Gasteiger partial charge on any atom is -0.0300 e. The molecule has 0 heteroatoms. The normalized spacial score (nSPS) is 18.0. The summed E-state index contributed by atoms with van der Waals surface area (Å²) in [6, 6.07) is 0. The molecule has 0 aliphatic carbocycles. The van der Waals surface area contributed by atoms with Crippen molar-refractivity contribution < 1.29 is 0 Å². The predicted molar refractivity (Wildman–Crippen MR) is 89.6 cm³/mol. The molecular formula is C19H40. The highest BCUT2D eigenvalue weighted by molar-refractivity contribution is 4.81. The van der Waals surface area contributed by atoms with E-state index in [-0.39, 0.29) is 0 Å². The molecule has 0 aromatic carbocycles. The van der Waals surface area contributed by atoms with Crippen molar-refractivity contribution in [1.82, 2.24) is 0 Å². The maximum absolute atomic E-state index is 2.57. The fraction of sp³-hybridized carbons (Fsp3) is 1.00. The molecule has 0 aliphatic rings. The number of unbranched alkanes of at least 4 members (excludes halogenated alkanes) is 4. The quantitative estimate of drug-likeness (QED) is 0.328. The van der Waals surface area contributed by atoms with E-state index in [9.17, 15) is 0 Å². The maximum atomic E-state index is 2.57. The van der Waals surface area contributed by atoms with Crippen molar-refractivity contribution in [3.05, 3.63) is 0 Å². The van der Waals surface area contributed by atoms with Gasteiger partial charge in [-0.15, -0.1) is 0 Å². The average Bonchev–Trinajstić information content (AvgIpc) is 2.41. The van der Waals surface area contributed by atoms with Crippen LogP contribution in [0, 0.1) is 17.3 Å². The lowest BCUT2D eigenvalue weighted by atomic mass is 9.68. The minimum Gasteiger partial charge on any atom is -0.0654 e. The van der Waals surface area contributed by atoms with Crippen molar-refractivity contribution in [1.29, 1.82) is 0 Å².